The molecule has 0 amide bonds. The predicted molar refractivity (Wildman–Crippen MR) is 107 cm³/mol. The summed E-state index contributed by atoms with van der Waals surface area (Å²) in [5.41, 5.74) is 1.96. The number of rotatable bonds is 5. The summed E-state index contributed by atoms with van der Waals surface area (Å²) in [6, 6.07) is 12.7. The van der Waals surface area contributed by atoms with Crippen molar-refractivity contribution in [2.45, 2.75) is 13.8 Å². The van der Waals surface area contributed by atoms with Gasteiger partial charge < -0.3 is 10.1 Å². The number of aromatic nitrogens is 4. The Balaban J connectivity index is 1.77. The number of nitro groups is 1. The van der Waals surface area contributed by atoms with Crippen molar-refractivity contribution in [2.24, 2.45) is 0 Å². The number of pyridine rings is 2. The molecule has 29 heavy (non-hydrogen) atoms. The SMILES string of the molecule is Cc1ccnc(Nc2ncnc(Oc3cccc4ccc(C)nc34)c2[N+](=O)[O-])c1. The topological polar surface area (TPSA) is 116 Å². The zero-order chi connectivity index (χ0) is 20.4. The summed E-state index contributed by atoms with van der Waals surface area (Å²) in [5.74, 6) is 0.603. The summed E-state index contributed by atoms with van der Waals surface area (Å²) >= 11 is 0. The first-order chi connectivity index (χ1) is 14.0. The van der Waals surface area contributed by atoms with Crippen LogP contribution in [0.3, 0.4) is 0 Å². The van der Waals surface area contributed by atoms with E-state index in [0.29, 0.717) is 17.1 Å². The molecule has 0 radical (unpaired) electrons. The van der Waals surface area contributed by atoms with Crippen molar-refractivity contribution in [3.63, 3.8) is 0 Å². The van der Waals surface area contributed by atoms with E-state index in [1.165, 1.54) is 6.33 Å². The molecule has 3 aromatic heterocycles. The van der Waals surface area contributed by atoms with E-state index < -0.39 is 4.92 Å². The van der Waals surface area contributed by atoms with Crippen molar-refractivity contribution in [2.75, 3.05) is 5.32 Å². The van der Waals surface area contributed by atoms with Crippen LogP contribution in [0.1, 0.15) is 11.3 Å². The van der Waals surface area contributed by atoms with Crippen LogP contribution in [0.2, 0.25) is 0 Å². The number of nitrogens with one attached hydrogen (secondary N) is 1. The Bertz CT molecular complexity index is 1230. The molecule has 0 saturated heterocycles. The zero-order valence-corrected chi connectivity index (χ0v) is 15.7. The minimum atomic E-state index is -0.586. The van der Waals surface area contributed by atoms with Gasteiger partial charge in [-0.1, -0.05) is 18.2 Å². The molecule has 144 valence electrons. The first-order valence-corrected chi connectivity index (χ1v) is 8.74. The van der Waals surface area contributed by atoms with Crippen LogP contribution in [-0.4, -0.2) is 24.9 Å². The normalized spacial score (nSPS) is 10.7. The first kappa shape index (κ1) is 18.2. The Morgan fingerprint density at radius 3 is 2.72 bits per heavy atom. The lowest BCUT2D eigenvalue weighted by Gasteiger charge is -2.10. The third kappa shape index (κ3) is 3.79. The van der Waals surface area contributed by atoms with Crippen LogP contribution in [0.5, 0.6) is 11.6 Å². The standard InChI is InChI=1S/C20H16N6O3/c1-12-8-9-21-16(10-12)25-19-18(26(27)28)20(23-11-22-19)29-15-5-3-4-14-7-6-13(2)24-17(14)15/h3-11H,1-2H3,(H,21,22,23,25). The van der Waals surface area contributed by atoms with Crippen LogP contribution < -0.4 is 10.1 Å². The van der Waals surface area contributed by atoms with Gasteiger partial charge in [-0.05, 0) is 43.7 Å². The maximum absolute atomic E-state index is 11.8. The molecule has 0 aliphatic rings. The smallest absolute Gasteiger partial charge is 0.373 e. The molecule has 0 saturated carbocycles. The Kier molecular flexibility index (Phi) is 4.70. The summed E-state index contributed by atoms with van der Waals surface area (Å²) < 4.78 is 5.83. The van der Waals surface area contributed by atoms with Gasteiger partial charge in [0.25, 0.3) is 0 Å². The van der Waals surface area contributed by atoms with Crippen molar-refractivity contribution in [1.82, 2.24) is 19.9 Å². The summed E-state index contributed by atoms with van der Waals surface area (Å²) in [4.78, 5) is 27.8. The van der Waals surface area contributed by atoms with Gasteiger partial charge in [0.15, 0.2) is 5.75 Å². The fraction of sp³-hybridized carbons (Fsp3) is 0.100. The quantitative estimate of drug-likeness (QED) is 0.393. The van der Waals surface area contributed by atoms with E-state index in [-0.39, 0.29) is 17.4 Å². The van der Waals surface area contributed by atoms with Crippen molar-refractivity contribution in [3.8, 4) is 11.6 Å². The molecule has 4 rings (SSSR count). The van der Waals surface area contributed by atoms with E-state index in [1.807, 2.05) is 38.1 Å². The van der Waals surface area contributed by atoms with Crippen molar-refractivity contribution >= 4 is 28.2 Å². The maximum atomic E-state index is 11.8. The lowest BCUT2D eigenvalue weighted by atomic mass is 10.2. The maximum Gasteiger partial charge on any atom is 0.373 e. The Morgan fingerprint density at radius 1 is 1.07 bits per heavy atom. The fourth-order valence-corrected chi connectivity index (χ4v) is 2.82. The first-order valence-electron chi connectivity index (χ1n) is 8.74. The Hall–Kier alpha value is -4.14. The molecule has 9 nitrogen and oxygen atoms in total. The van der Waals surface area contributed by atoms with Gasteiger partial charge in [-0.3, -0.25) is 10.1 Å². The number of ether oxygens (including phenoxy) is 1. The Morgan fingerprint density at radius 2 is 1.93 bits per heavy atom. The van der Waals surface area contributed by atoms with E-state index in [2.05, 4.69) is 25.3 Å². The number of nitrogens with zero attached hydrogens (tertiary/aromatic N) is 5. The second-order valence-corrected chi connectivity index (χ2v) is 6.36. The van der Waals surface area contributed by atoms with Gasteiger partial charge >= 0.3 is 11.6 Å². The average molecular weight is 388 g/mol. The lowest BCUT2D eigenvalue weighted by molar-refractivity contribution is -0.385. The molecule has 0 spiro atoms. The van der Waals surface area contributed by atoms with Crippen LogP contribution >= 0.6 is 0 Å². The number of anilines is 2. The van der Waals surface area contributed by atoms with Crippen LogP contribution in [0, 0.1) is 24.0 Å². The second-order valence-electron chi connectivity index (χ2n) is 6.36. The molecule has 0 bridgehead atoms. The van der Waals surface area contributed by atoms with Crippen molar-refractivity contribution in [3.05, 3.63) is 76.4 Å². The van der Waals surface area contributed by atoms with Gasteiger partial charge in [-0.2, -0.15) is 4.98 Å². The summed E-state index contributed by atoms with van der Waals surface area (Å²) in [5, 5.41) is 15.5. The molecule has 0 aliphatic heterocycles. The number of hydrogen-bond acceptors (Lipinski definition) is 8. The van der Waals surface area contributed by atoms with E-state index >= 15 is 0 Å². The molecule has 1 N–H and O–H groups in total. The van der Waals surface area contributed by atoms with Gasteiger partial charge in [0, 0.05) is 17.3 Å². The van der Waals surface area contributed by atoms with Crippen LogP contribution in [0.15, 0.2) is 55.0 Å². The molecular formula is C20H16N6O3. The van der Waals surface area contributed by atoms with E-state index in [1.54, 1.807) is 24.4 Å². The Labute approximate surface area is 165 Å². The number of para-hydroxylation sites is 1. The highest BCUT2D eigenvalue weighted by Gasteiger charge is 2.26. The summed E-state index contributed by atoms with van der Waals surface area (Å²) in [7, 11) is 0. The predicted octanol–water partition coefficient (Wildman–Crippen LogP) is 4.48. The number of fused-ring (bicyclic) bond motifs is 1. The molecule has 0 atom stereocenters. The highest BCUT2D eigenvalue weighted by atomic mass is 16.6. The molecule has 0 fully saturated rings. The third-order valence-electron chi connectivity index (χ3n) is 4.16. The average Bonchev–Trinajstić information content (AvgIpc) is 2.68. The minimum absolute atomic E-state index is 0.0116. The van der Waals surface area contributed by atoms with Gasteiger partial charge in [-0.25, -0.2) is 15.0 Å². The number of aryl methyl sites for hydroxylation is 2. The summed E-state index contributed by atoms with van der Waals surface area (Å²) in [6.45, 7) is 3.76. The highest BCUT2D eigenvalue weighted by molar-refractivity contribution is 5.85. The zero-order valence-electron chi connectivity index (χ0n) is 15.7. The molecule has 1 aromatic carbocycles. The lowest BCUT2D eigenvalue weighted by Crippen LogP contribution is -2.04. The van der Waals surface area contributed by atoms with Gasteiger partial charge in [0.05, 0.1) is 4.92 Å². The molecule has 0 aliphatic carbocycles. The molecule has 0 unspecified atom stereocenters. The van der Waals surface area contributed by atoms with E-state index in [4.69, 9.17) is 4.74 Å². The van der Waals surface area contributed by atoms with Gasteiger partial charge in [0.1, 0.15) is 17.7 Å². The van der Waals surface area contributed by atoms with Crippen molar-refractivity contribution in [1.29, 1.82) is 0 Å². The van der Waals surface area contributed by atoms with E-state index in [0.717, 1.165) is 16.6 Å². The second kappa shape index (κ2) is 7.47. The molecule has 3 heterocycles. The van der Waals surface area contributed by atoms with Crippen LogP contribution in [0.4, 0.5) is 17.3 Å². The molecule has 4 aromatic rings. The van der Waals surface area contributed by atoms with Crippen LogP contribution in [-0.2, 0) is 0 Å². The minimum Gasteiger partial charge on any atom is -0.431 e. The monoisotopic (exact) mass is 388 g/mol. The summed E-state index contributed by atoms with van der Waals surface area (Å²) in [6.07, 6.45) is 2.80. The molecule has 9 heteroatoms. The largest absolute Gasteiger partial charge is 0.431 e. The number of hydrogen-bond donors (Lipinski definition) is 1. The van der Waals surface area contributed by atoms with Gasteiger partial charge in [-0.15, -0.1) is 0 Å². The van der Waals surface area contributed by atoms with Crippen LogP contribution in [0.25, 0.3) is 10.9 Å². The van der Waals surface area contributed by atoms with E-state index in [9.17, 15) is 10.1 Å². The van der Waals surface area contributed by atoms with Crippen molar-refractivity contribution < 1.29 is 9.66 Å². The highest BCUT2D eigenvalue weighted by Crippen LogP contribution is 2.37. The fourth-order valence-electron chi connectivity index (χ4n) is 2.82. The number of benzene rings is 1. The van der Waals surface area contributed by atoms with Gasteiger partial charge in [0.2, 0.25) is 5.82 Å². The third-order valence-corrected chi connectivity index (χ3v) is 4.16. The molecular weight excluding hydrogens is 372 g/mol.